The van der Waals surface area contributed by atoms with E-state index in [2.05, 4.69) is 10.6 Å². The van der Waals surface area contributed by atoms with Crippen LogP contribution in [0.15, 0.2) is 54.6 Å². The summed E-state index contributed by atoms with van der Waals surface area (Å²) < 4.78 is -1.68. The van der Waals surface area contributed by atoms with Gasteiger partial charge in [-0.05, 0) is 24.6 Å². The van der Waals surface area contributed by atoms with Crippen molar-refractivity contribution in [2.45, 2.75) is 23.3 Å². The van der Waals surface area contributed by atoms with E-state index in [0.717, 1.165) is 16.8 Å². The van der Waals surface area contributed by atoms with Gasteiger partial charge in [-0.15, -0.1) is 0 Å². The lowest BCUT2D eigenvalue weighted by molar-refractivity contribution is -0.120. The van der Waals surface area contributed by atoms with Crippen LogP contribution in [0.4, 0.5) is 5.69 Å². The largest absolute Gasteiger partial charge is 0.362 e. The van der Waals surface area contributed by atoms with E-state index in [-0.39, 0.29) is 12.3 Å². The average Bonchev–Trinajstić information content (AvgIpc) is 2.49. The summed E-state index contributed by atoms with van der Waals surface area (Å²) in [6.45, 7) is 1.98. The molecule has 0 fully saturated rings. The Morgan fingerprint density at radius 2 is 1.65 bits per heavy atom. The van der Waals surface area contributed by atoms with Gasteiger partial charge < -0.3 is 10.6 Å². The fourth-order valence-corrected chi connectivity index (χ4v) is 2.34. The number of rotatable bonds is 5. The van der Waals surface area contributed by atoms with Crippen molar-refractivity contribution >= 4 is 46.4 Å². The zero-order valence-corrected chi connectivity index (χ0v) is 14.8. The summed E-state index contributed by atoms with van der Waals surface area (Å²) >= 11 is 17.9. The number of hydrogen-bond donors (Lipinski definition) is 2. The molecule has 3 nitrogen and oxygen atoms in total. The predicted octanol–water partition coefficient (Wildman–Crippen LogP) is 4.46. The Morgan fingerprint density at radius 1 is 1.04 bits per heavy atom. The third-order valence-electron chi connectivity index (χ3n) is 3.20. The Hall–Kier alpha value is -1.42. The lowest BCUT2D eigenvalue weighted by Gasteiger charge is -2.27. The molecule has 6 heteroatoms. The summed E-state index contributed by atoms with van der Waals surface area (Å²) in [4.78, 5) is 12.2. The molecule has 0 aromatic heterocycles. The molecular formula is C17H17Cl3N2O. The van der Waals surface area contributed by atoms with Crippen molar-refractivity contribution in [1.82, 2.24) is 5.32 Å². The fraction of sp³-hybridized carbons (Fsp3) is 0.235. The first-order chi connectivity index (χ1) is 10.8. The minimum Gasteiger partial charge on any atom is -0.362 e. The molecule has 0 unspecified atom stereocenters. The van der Waals surface area contributed by atoms with E-state index in [0.29, 0.717) is 0 Å². The summed E-state index contributed by atoms with van der Waals surface area (Å²) in [5.74, 6) is -0.230. The zero-order chi connectivity index (χ0) is 16.9. The average molecular weight is 372 g/mol. The molecule has 0 radical (unpaired) electrons. The number of nitrogens with one attached hydrogen (secondary N) is 2. The number of halogens is 3. The van der Waals surface area contributed by atoms with Gasteiger partial charge in [-0.2, -0.15) is 0 Å². The van der Waals surface area contributed by atoms with E-state index in [1.807, 2.05) is 61.5 Å². The number of amides is 1. The molecule has 2 aromatic carbocycles. The molecule has 0 saturated heterocycles. The molecule has 0 bridgehead atoms. The molecule has 2 rings (SSSR count). The van der Waals surface area contributed by atoms with Crippen molar-refractivity contribution in [2.24, 2.45) is 0 Å². The van der Waals surface area contributed by atoms with Crippen LogP contribution in [0, 0.1) is 6.92 Å². The first kappa shape index (κ1) is 17.9. The zero-order valence-electron chi connectivity index (χ0n) is 12.5. The molecule has 0 heterocycles. The van der Waals surface area contributed by atoms with Crippen LogP contribution < -0.4 is 10.6 Å². The fourth-order valence-electron chi connectivity index (χ4n) is 2.01. The SMILES string of the molecule is Cc1ccc(N[C@H](NC(=O)Cc2ccccc2)C(Cl)(Cl)Cl)cc1. The molecule has 1 amide bonds. The van der Waals surface area contributed by atoms with Crippen molar-refractivity contribution in [3.05, 3.63) is 65.7 Å². The van der Waals surface area contributed by atoms with E-state index >= 15 is 0 Å². The van der Waals surface area contributed by atoms with Gasteiger partial charge in [-0.3, -0.25) is 4.79 Å². The van der Waals surface area contributed by atoms with Crippen LogP contribution in [0.3, 0.4) is 0 Å². The lowest BCUT2D eigenvalue weighted by atomic mass is 10.1. The molecule has 1 atom stereocenters. The molecule has 0 saturated carbocycles. The second-order valence-corrected chi connectivity index (χ2v) is 7.58. The summed E-state index contributed by atoms with van der Waals surface area (Å²) in [6.07, 6.45) is -0.625. The van der Waals surface area contributed by atoms with Crippen molar-refractivity contribution in [2.75, 3.05) is 5.32 Å². The molecule has 2 N–H and O–H groups in total. The summed E-state index contributed by atoms with van der Waals surface area (Å²) in [5, 5.41) is 5.76. The minimum absolute atomic E-state index is 0.216. The Kier molecular flexibility index (Phi) is 6.17. The molecule has 0 aliphatic rings. The maximum atomic E-state index is 12.2. The Labute approximate surface area is 150 Å². The normalized spacial score (nSPS) is 12.5. The molecule has 0 aliphatic carbocycles. The summed E-state index contributed by atoms with van der Waals surface area (Å²) in [6, 6.07) is 17.0. The van der Waals surface area contributed by atoms with Crippen LogP contribution in [0.1, 0.15) is 11.1 Å². The third-order valence-corrected chi connectivity index (χ3v) is 3.86. The van der Waals surface area contributed by atoms with Crippen molar-refractivity contribution in [3.63, 3.8) is 0 Å². The van der Waals surface area contributed by atoms with Crippen molar-refractivity contribution in [3.8, 4) is 0 Å². The Balaban J connectivity index is 2.04. The van der Waals surface area contributed by atoms with Crippen LogP contribution in [0.5, 0.6) is 0 Å². The number of carbonyl (C=O) groups is 1. The van der Waals surface area contributed by atoms with Gasteiger partial charge in [-0.25, -0.2) is 0 Å². The van der Waals surface area contributed by atoms with Gasteiger partial charge in [0.15, 0.2) is 0 Å². The Morgan fingerprint density at radius 3 is 2.22 bits per heavy atom. The highest BCUT2D eigenvalue weighted by atomic mass is 35.6. The lowest BCUT2D eigenvalue weighted by Crippen LogP contribution is -2.49. The second-order valence-electron chi connectivity index (χ2n) is 5.21. The first-order valence-corrected chi connectivity index (χ1v) is 8.21. The van der Waals surface area contributed by atoms with E-state index in [9.17, 15) is 4.79 Å². The quantitative estimate of drug-likeness (QED) is 0.602. The number of aryl methyl sites for hydroxylation is 1. The van der Waals surface area contributed by atoms with E-state index in [4.69, 9.17) is 34.8 Å². The van der Waals surface area contributed by atoms with Crippen LogP contribution in [0.2, 0.25) is 0 Å². The van der Waals surface area contributed by atoms with Gasteiger partial charge in [0, 0.05) is 5.69 Å². The highest BCUT2D eigenvalue weighted by molar-refractivity contribution is 6.68. The van der Waals surface area contributed by atoms with Gasteiger partial charge in [0.2, 0.25) is 9.70 Å². The first-order valence-electron chi connectivity index (χ1n) is 7.08. The highest BCUT2D eigenvalue weighted by Crippen LogP contribution is 2.31. The summed E-state index contributed by atoms with van der Waals surface area (Å²) in [7, 11) is 0. The predicted molar refractivity (Wildman–Crippen MR) is 97.2 cm³/mol. The third kappa shape index (κ3) is 5.94. The van der Waals surface area contributed by atoms with Gasteiger partial charge in [0.1, 0.15) is 6.17 Å². The van der Waals surface area contributed by atoms with Crippen molar-refractivity contribution in [1.29, 1.82) is 0 Å². The van der Waals surface area contributed by atoms with Gasteiger partial charge in [-0.1, -0.05) is 82.8 Å². The highest BCUT2D eigenvalue weighted by Gasteiger charge is 2.34. The number of hydrogen-bond acceptors (Lipinski definition) is 2. The summed E-state index contributed by atoms with van der Waals surface area (Å²) in [5.41, 5.74) is 2.77. The topological polar surface area (TPSA) is 41.1 Å². The van der Waals surface area contributed by atoms with Crippen LogP contribution in [0.25, 0.3) is 0 Å². The van der Waals surface area contributed by atoms with Crippen LogP contribution >= 0.6 is 34.8 Å². The maximum Gasteiger partial charge on any atom is 0.228 e. The van der Waals surface area contributed by atoms with Crippen LogP contribution in [-0.2, 0) is 11.2 Å². The molecule has 0 aliphatic heterocycles. The molecule has 0 spiro atoms. The minimum atomic E-state index is -1.68. The second kappa shape index (κ2) is 7.91. The van der Waals surface area contributed by atoms with E-state index in [1.165, 1.54) is 0 Å². The van der Waals surface area contributed by atoms with Gasteiger partial charge >= 0.3 is 0 Å². The molecular weight excluding hydrogens is 355 g/mol. The van der Waals surface area contributed by atoms with E-state index in [1.54, 1.807) is 0 Å². The number of anilines is 1. The van der Waals surface area contributed by atoms with Gasteiger partial charge in [0.05, 0.1) is 6.42 Å². The monoisotopic (exact) mass is 370 g/mol. The maximum absolute atomic E-state index is 12.2. The number of carbonyl (C=O) groups excluding carboxylic acids is 1. The standard InChI is InChI=1S/C17H17Cl3N2O/c1-12-7-9-14(10-8-12)21-16(17(18,19)20)22-15(23)11-13-5-3-2-4-6-13/h2-10,16,21H,11H2,1H3,(H,22,23)/t16-/m1/s1. The van der Waals surface area contributed by atoms with E-state index < -0.39 is 9.96 Å². The molecule has 23 heavy (non-hydrogen) atoms. The molecule has 2 aromatic rings. The van der Waals surface area contributed by atoms with Crippen molar-refractivity contribution < 1.29 is 4.79 Å². The Bertz CT molecular complexity index is 639. The van der Waals surface area contributed by atoms with Crippen LogP contribution in [-0.4, -0.2) is 15.9 Å². The number of benzene rings is 2. The smallest absolute Gasteiger partial charge is 0.228 e. The van der Waals surface area contributed by atoms with Gasteiger partial charge in [0.25, 0.3) is 0 Å². The molecule has 122 valence electrons. The number of alkyl halides is 3.